The number of aromatic nitrogens is 1. The Hall–Kier alpha value is -3.31. The van der Waals surface area contributed by atoms with E-state index in [4.69, 9.17) is 15.4 Å². The molecule has 164 valence electrons. The average molecular weight is 465 g/mol. The Labute approximate surface area is 172 Å². The van der Waals surface area contributed by atoms with Crippen LogP contribution in [0.2, 0.25) is 0 Å². The fraction of sp³-hybridized carbons (Fsp3) is 0.385. The quantitative estimate of drug-likeness (QED) is 0.0982. The Morgan fingerprint density at radius 3 is 2.60 bits per heavy atom. The van der Waals surface area contributed by atoms with Crippen molar-refractivity contribution in [3.63, 3.8) is 0 Å². The number of β-lactam (4-membered cyclic amide) rings is 1. The van der Waals surface area contributed by atoms with Crippen molar-refractivity contribution >= 4 is 56.2 Å². The molecule has 15 nitrogen and oxygen atoms in total. The number of esters is 1. The highest BCUT2D eigenvalue weighted by molar-refractivity contribution is 7.84. The third-order valence-corrected chi connectivity index (χ3v) is 5.11. The van der Waals surface area contributed by atoms with Crippen LogP contribution >= 0.6 is 11.3 Å². The van der Waals surface area contributed by atoms with Gasteiger partial charge in [0, 0.05) is 12.3 Å². The minimum atomic E-state index is -4.98. The SMILES string of the molecule is CC(=O)OCC1C(NC(=O)C(=NOCC(=O)O)c2csc(N)n2)C(=O)N1S(=O)(=O)O. The number of ether oxygens (including phenoxy) is 1. The van der Waals surface area contributed by atoms with E-state index in [-0.39, 0.29) is 15.1 Å². The van der Waals surface area contributed by atoms with Gasteiger partial charge in [-0.05, 0) is 0 Å². The Morgan fingerprint density at radius 2 is 2.10 bits per heavy atom. The summed E-state index contributed by atoms with van der Waals surface area (Å²) >= 11 is 0.934. The van der Waals surface area contributed by atoms with Gasteiger partial charge in [0.2, 0.25) is 6.61 Å². The summed E-state index contributed by atoms with van der Waals surface area (Å²) in [5.41, 5.74) is 4.84. The summed E-state index contributed by atoms with van der Waals surface area (Å²) in [6, 6.07) is -2.94. The zero-order valence-corrected chi connectivity index (χ0v) is 16.7. The minimum Gasteiger partial charge on any atom is -0.479 e. The fourth-order valence-corrected chi connectivity index (χ4v) is 3.70. The van der Waals surface area contributed by atoms with Gasteiger partial charge in [-0.25, -0.2) is 14.1 Å². The Bertz CT molecular complexity index is 1000. The number of oxime groups is 1. The van der Waals surface area contributed by atoms with E-state index in [0.29, 0.717) is 0 Å². The van der Waals surface area contributed by atoms with Crippen LogP contribution in [-0.2, 0) is 39.1 Å². The van der Waals surface area contributed by atoms with Crippen LogP contribution in [-0.4, -0.2) is 82.1 Å². The summed E-state index contributed by atoms with van der Waals surface area (Å²) in [5.74, 6) is -4.47. The van der Waals surface area contributed by atoms with E-state index < -0.39 is 65.1 Å². The molecule has 2 atom stereocenters. The van der Waals surface area contributed by atoms with E-state index in [1.54, 1.807) is 0 Å². The first kappa shape index (κ1) is 23.0. The molecule has 1 saturated heterocycles. The van der Waals surface area contributed by atoms with E-state index in [2.05, 4.69) is 25.0 Å². The Balaban J connectivity index is 2.24. The third kappa shape index (κ3) is 5.39. The van der Waals surface area contributed by atoms with E-state index in [9.17, 15) is 27.6 Å². The molecule has 2 heterocycles. The van der Waals surface area contributed by atoms with Gasteiger partial charge in [-0.2, -0.15) is 8.42 Å². The lowest BCUT2D eigenvalue weighted by atomic mass is 9.99. The molecule has 5 N–H and O–H groups in total. The van der Waals surface area contributed by atoms with E-state index in [1.807, 2.05) is 0 Å². The minimum absolute atomic E-state index is 0.0411. The number of hydrogen-bond donors (Lipinski definition) is 4. The molecule has 2 rings (SSSR count). The predicted octanol–water partition coefficient (Wildman–Crippen LogP) is -2.41. The van der Waals surface area contributed by atoms with Gasteiger partial charge in [0.05, 0.1) is 0 Å². The van der Waals surface area contributed by atoms with Gasteiger partial charge >= 0.3 is 22.2 Å². The lowest BCUT2D eigenvalue weighted by Gasteiger charge is -2.43. The number of carbonyl (C=O) groups excluding carboxylic acids is 3. The monoisotopic (exact) mass is 465 g/mol. The van der Waals surface area contributed by atoms with Crippen LogP contribution in [0.4, 0.5) is 5.13 Å². The molecular formula is C13H15N5O10S2. The van der Waals surface area contributed by atoms with E-state index >= 15 is 0 Å². The van der Waals surface area contributed by atoms with Crippen LogP contribution in [0.15, 0.2) is 10.5 Å². The molecule has 17 heteroatoms. The number of aliphatic carboxylic acids is 1. The van der Waals surface area contributed by atoms with Gasteiger partial charge in [-0.15, -0.1) is 11.3 Å². The number of carbonyl (C=O) groups is 4. The van der Waals surface area contributed by atoms with Gasteiger partial charge in [0.15, 0.2) is 10.8 Å². The second-order valence-corrected chi connectivity index (χ2v) is 7.79. The van der Waals surface area contributed by atoms with Gasteiger partial charge < -0.3 is 25.7 Å². The normalized spacial score (nSPS) is 19.1. The molecule has 30 heavy (non-hydrogen) atoms. The summed E-state index contributed by atoms with van der Waals surface area (Å²) in [7, 11) is -4.98. The number of thiazole rings is 1. The van der Waals surface area contributed by atoms with Crippen LogP contribution in [0.25, 0.3) is 0 Å². The maximum atomic E-state index is 12.6. The number of carboxylic acid groups (broad SMARTS) is 1. The third-order valence-electron chi connectivity index (χ3n) is 3.49. The summed E-state index contributed by atoms with van der Waals surface area (Å²) in [6.07, 6.45) is 0. The highest BCUT2D eigenvalue weighted by Crippen LogP contribution is 2.24. The largest absolute Gasteiger partial charge is 0.479 e. The van der Waals surface area contributed by atoms with Crippen LogP contribution < -0.4 is 11.1 Å². The first-order valence-corrected chi connectivity index (χ1v) is 10.1. The molecule has 0 radical (unpaired) electrons. The summed E-state index contributed by atoms with van der Waals surface area (Å²) in [6.45, 7) is -0.495. The summed E-state index contributed by atoms with van der Waals surface area (Å²) in [4.78, 5) is 54.6. The topological polar surface area (TPSA) is 228 Å². The first-order valence-electron chi connectivity index (χ1n) is 7.79. The van der Waals surface area contributed by atoms with Crippen molar-refractivity contribution in [3.8, 4) is 0 Å². The van der Waals surface area contributed by atoms with Crippen molar-refractivity contribution in [3.05, 3.63) is 11.1 Å². The van der Waals surface area contributed by atoms with Crippen molar-refractivity contribution in [1.82, 2.24) is 14.6 Å². The highest BCUT2D eigenvalue weighted by Gasteiger charge is 2.54. The van der Waals surface area contributed by atoms with Gasteiger partial charge in [-0.1, -0.05) is 5.16 Å². The van der Waals surface area contributed by atoms with Gasteiger partial charge in [0.25, 0.3) is 11.8 Å². The number of carboxylic acids is 1. The molecule has 2 amide bonds. The molecule has 2 unspecified atom stereocenters. The van der Waals surface area contributed by atoms with E-state index in [0.717, 1.165) is 18.3 Å². The smallest absolute Gasteiger partial charge is 0.362 e. The standard InChI is InChI=1S/C13H15N5O10S2/c1-5(19)27-2-7-10(12(23)18(7)30(24,25)26)16-11(22)9(17-28-3-8(20)21)6-4-29-13(14)15-6/h4,7,10H,2-3H2,1H3,(H2,14,15)(H,16,22)(H,20,21)(H,24,25,26). The zero-order chi connectivity index (χ0) is 22.6. The molecule has 1 fully saturated rings. The molecule has 0 aliphatic carbocycles. The zero-order valence-electron chi connectivity index (χ0n) is 15.0. The molecule has 1 aliphatic heterocycles. The maximum absolute atomic E-state index is 12.6. The van der Waals surface area contributed by atoms with Crippen LogP contribution in [0.3, 0.4) is 0 Å². The van der Waals surface area contributed by atoms with Crippen molar-refractivity contribution in [1.29, 1.82) is 0 Å². The summed E-state index contributed by atoms with van der Waals surface area (Å²) in [5, 5.41) is 15.5. The molecule has 0 saturated carbocycles. The van der Waals surface area contributed by atoms with Gasteiger partial charge in [-0.3, -0.25) is 18.9 Å². The lowest BCUT2D eigenvalue weighted by molar-refractivity contribution is -0.154. The molecule has 1 aromatic heterocycles. The molecule has 1 aliphatic rings. The number of anilines is 1. The Morgan fingerprint density at radius 1 is 1.43 bits per heavy atom. The lowest BCUT2D eigenvalue weighted by Crippen LogP contribution is -2.73. The van der Waals surface area contributed by atoms with Crippen molar-refractivity contribution in [2.24, 2.45) is 5.16 Å². The van der Waals surface area contributed by atoms with Crippen molar-refractivity contribution < 1.29 is 46.8 Å². The van der Waals surface area contributed by atoms with E-state index in [1.165, 1.54) is 5.38 Å². The molecule has 0 bridgehead atoms. The summed E-state index contributed by atoms with van der Waals surface area (Å²) < 4.78 is 36.6. The molecular weight excluding hydrogens is 450 g/mol. The molecule has 0 spiro atoms. The number of hydrogen-bond acceptors (Lipinski definition) is 12. The molecule has 0 aromatic carbocycles. The number of nitrogens with zero attached hydrogens (tertiary/aromatic N) is 3. The second-order valence-electron chi connectivity index (χ2n) is 5.61. The number of nitrogen functional groups attached to an aromatic ring is 1. The van der Waals surface area contributed by atoms with Crippen LogP contribution in [0.1, 0.15) is 12.6 Å². The first-order chi connectivity index (χ1) is 13.9. The molecule has 1 aromatic rings. The number of rotatable bonds is 9. The number of nitrogens with one attached hydrogen (secondary N) is 1. The number of nitrogens with two attached hydrogens (primary N) is 1. The fourth-order valence-electron chi connectivity index (χ4n) is 2.29. The van der Waals surface area contributed by atoms with Crippen LogP contribution in [0.5, 0.6) is 0 Å². The highest BCUT2D eigenvalue weighted by atomic mass is 32.2. The van der Waals surface area contributed by atoms with Crippen molar-refractivity contribution in [2.75, 3.05) is 18.9 Å². The Kier molecular flexibility index (Phi) is 6.90. The van der Waals surface area contributed by atoms with Crippen molar-refractivity contribution in [2.45, 2.75) is 19.0 Å². The van der Waals surface area contributed by atoms with Crippen LogP contribution in [0, 0.1) is 0 Å². The van der Waals surface area contributed by atoms with Gasteiger partial charge in [0.1, 0.15) is 24.4 Å². The number of amides is 2. The average Bonchev–Trinajstić information content (AvgIpc) is 3.04. The predicted molar refractivity (Wildman–Crippen MR) is 97.4 cm³/mol. The maximum Gasteiger partial charge on any atom is 0.362 e. The second kappa shape index (κ2) is 9.01.